The molecule has 2 unspecified atom stereocenters. The summed E-state index contributed by atoms with van der Waals surface area (Å²) in [6.07, 6.45) is 2.71. The molecule has 0 aromatic heterocycles. The summed E-state index contributed by atoms with van der Waals surface area (Å²) in [6.45, 7) is 4.41. The number of ether oxygens (including phenoxy) is 1. The standard InChI is InChI=1S/C11H20N2O2/c1-8-5-9(12)7-13(6-8)11(14)10-3-2-4-15-10/h8-10H,2-7,12H2,1H3/t8?,9?,10-/m1/s1. The van der Waals surface area contributed by atoms with E-state index in [-0.39, 0.29) is 18.1 Å². The molecule has 2 rings (SSSR count). The van der Waals surface area contributed by atoms with E-state index in [2.05, 4.69) is 6.92 Å². The van der Waals surface area contributed by atoms with Gasteiger partial charge in [0, 0.05) is 25.7 Å². The lowest BCUT2D eigenvalue weighted by Crippen LogP contribution is -2.51. The minimum absolute atomic E-state index is 0.138. The molecule has 2 N–H and O–H groups in total. The van der Waals surface area contributed by atoms with Gasteiger partial charge in [-0.1, -0.05) is 6.92 Å². The third kappa shape index (κ3) is 2.49. The number of amides is 1. The average molecular weight is 212 g/mol. The fourth-order valence-corrected chi connectivity index (χ4v) is 2.56. The summed E-state index contributed by atoms with van der Waals surface area (Å²) in [4.78, 5) is 13.9. The number of rotatable bonds is 1. The van der Waals surface area contributed by atoms with Crippen LogP contribution in [0.25, 0.3) is 0 Å². The van der Waals surface area contributed by atoms with Gasteiger partial charge in [-0.3, -0.25) is 4.79 Å². The predicted molar refractivity (Wildman–Crippen MR) is 57.3 cm³/mol. The second kappa shape index (κ2) is 4.49. The molecule has 3 atom stereocenters. The number of hydrogen-bond donors (Lipinski definition) is 1. The van der Waals surface area contributed by atoms with Crippen molar-refractivity contribution in [1.82, 2.24) is 4.90 Å². The van der Waals surface area contributed by atoms with Gasteiger partial charge in [0.1, 0.15) is 6.10 Å². The molecule has 0 aromatic rings. The van der Waals surface area contributed by atoms with Gasteiger partial charge in [0.2, 0.25) is 0 Å². The minimum Gasteiger partial charge on any atom is -0.368 e. The Hall–Kier alpha value is -0.610. The van der Waals surface area contributed by atoms with Gasteiger partial charge in [0.05, 0.1) is 0 Å². The lowest BCUT2D eigenvalue weighted by atomic mass is 9.96. The summed E-state index contributed by atoms with van der Waals surface area (Å²) in [5.41, 5.74) is 5.92. The first kappa shape index (κ1) is 10.9. The molecule has 2 saturated heterocycles. The first-order valence-corrected chi connectivity index (χ1v) is 5.83. The molecule has 0 bridgehead atoms. The third-order valence-electron chi connectivity index (χ3n) is 3.21. The van der Waals surface area contributed by atoms with Crippen molar-refractivity contribution < 1.29 is 9.53 Å². The van der Waals surface area contributed by atoms with Gasteiger partial charge < -0.3 is 15.4 Å². The first-order valence-electron chi connectivity index (χ1n) is 5.83. The van der Waals surface area contributed by atoms with Gasteiger partial charge >= 0.3 is 0 Å². The second-order valence-corrected chi connectivity index (χ2v) is 4.85. The van der Waals surface area contributed by atoms with Gasteiger partial charge in [0.25, 0.3) is 5.91 Å². The molecule has 15 heavy (non-hydrogen) atoms. The Bertz CT molecular complexity index is 229. The maximum absolute atomic E-state index is 12.0. The molecule has 2 fully saturated rings. The molecular formula is C11H20N2O2. The van der Waals surface area contributed by atoms with Crippen LogP contribution >= 0.6 is 0 Å². The lowest BCUT2D eigenvalue weighted by molar-refractivity contribution is -0.143. The van der Waals surface area contributed by atoms with E-state index < -0.39 is 0 Å². The molecule has 86 valence electrons. The Balaban J connectivity index is 1.93. The Morgan fingerprint density at radius 3 is 2.87 bits per heavy atom. The van der Waals surface area contributed by atoms with Crippen LogP contribution in [0, 0.1) is 5.92 Å². The van der Waals surface area contributed by atoms with Crippen LogP contribution in [0.15, 0.2) is 0 Å². The smallest absolute Gasteiger partial charge is 0.251 e. The number of hydrogen-bond acceptors (Lipinski definition) is 3. The number of carbonyl (C=O) groups excluding carboxylic acids is 1. The summed E-state index contributed by atoms with van der Waals surface area (Å²) in [5, 5.41) is 0. The summed E-state index contributed by atoms with van der Waals surface area (Å²) in [7, 11) is 0. The van der Waals surface area contributed by atoms with Crippen LogP contribution in [0.5, 0.6) is 0 Å². The minimum atomic E-state index is -0.192. The van der Waals surface area contributed by atoms with Crippen molar-refractivity contribution in [2.45, 2.75) is 38.3 Å². The van der Waals surface area contributed by atoms with Crippen LogP contribution in [0.4, 0.5) is 0 Å². The SMILES string of the molecule is CC1CC(N)CN(C(=O)[C@H]2CCCO2)C1. The van der Waals surface area contributed by atoms with Crippen molar-refractivity contribution in [3.8, 4) is 0 Å². The van der Waals surface area contributed by atoms with E-state index in [9.17, 15) is 4.79 Å². The fraction of sp³-hybridized carbons (Fsp3) is 0.909. The molecule has 2 aliphatic heterocycles. The summed E-state index contributed by atoms with van der Waals surface area (Å²) < 4.78 is 5.41. The van der Waals surface area contributed by atoms with E-state index in [0.717, 1.165) is 32.4 Å². The van der Waals surface area contributed by atoms with Crippen LogP contribution in [0.3, 0.4) is 0 Å². The predicted octanol–water partition coefficient (Wildman–Crippen LogP) is 0.361. The Kier molecular flexibility index (Phi) is 3.26. The third-order valence-corrected chi connectivity index (χ3v) is 3.21. The van der Waals surface area contributed by atoms with Crippen LogP contribution in [0.1, 0.15) is 26.2 Å². The maximum atomic E-state index is 12.0. The van der Waals surface area contributed by atoms with Crippen molar-refractivity contribution in [1.29, 1.82) is 0 Å². The highest BCUT2D eigenvalue weighted by Gasteiger charge is 2.32. The molecule has 0 saturated carbocycles. The molecule has 4 heteroatoms. The molecule has 4 nitrogen and oxygen atoms in total. The molecule has 0 aromatic carbocycles. The number of piperidine rings is 1. The summed E-state index contributed by atoms with van der Waals surface area (Å²) in [5.74, 6) is 0.661. The van der Waals surface area contributed by atoms with Gasteiger partial charge in [0.15, 0.2) is 0 Å². The van der Waals surface area contributed by atoms with E-state index in [1.54, 1.807) is 0 Å². The molecule has 1 amide bonds. The molecular weight excluding hydrogens is 192 g/mol. The van der Waals surface area contributed by atoms with Crippen molar-refractivity contribution in [3.63, 3.8) is 0 Å². The monoisotopic (exact) mass is 212 g/mol. The van der Waals surface area contributed by atoms with E-state index >= 15 is 0 Å². The molecule has 0 radical (unpaired) electrons. The molecule has 0 aliphatic carbocycles. The maximum Gasteiger partial charge on any atom is 0.251 e. The Morgan fingerprint density at radius 1 is 1.47 bits per heavy atom. The normalized spacial score (nSPS) is 36.9. The number of likely N-dealkylation sites (tertiary alicyclic amines) is 1. The fourth-order valence-electron chi connectivity index (χ4n) is 2.56. The first-order chi connectivity index (χ1) is 7.16. The van der Waals surface area contributed by atoms with Crippen molar-refractivity contribution in [2.24, 2.45) is 11.7 Å². The zero-order valence-corrected chi connectivity index (χ0v) is 9.32. The van der Waals surface area contributed by atoms with Gasteiger partial charge in [-0.2, -0.15) is 0 Å². The van der Waals surface area contributed by atoms with E-state index in [1.807, 2.05) is 4.90 Å². The highest BCUT2D eigenvalue weighted by atomic mass is 16.5. The van der Waals surface area contributed by atoms with Crippen LogP contribution in [0.2, 0.25) is 0 Å². The largest absolute Gasteiger partial charge is 0.368 e. The van der Waals surface area contributed by atoms with E-state index in [0.29, 0.717) is 12.5 Å². The van der Waals surface area contributed by atoms with E-state index in [4.69, 9.17) is 10.5 Å². The highest BCUT2D eigenvalue weighted by Crippen LogP contribution is 2.20. The number of nitrogens with zero attached hydrogens (tertiary/aromatic N) is 1. The summed E-state index contributed by atoms with van der Waals surface area (Å²) >= 11 is 0. The molecule has 0 spiro atoms. The number of nitrogens with two attached hydrogens (primary N) is 1. The Morgan fingerprint density at radius 2 is 2.27 bits per heavy atom. The van der Waals surface area contributed by atoms with Crippen LogP contribution < -0.4 is 5.73 Å². The zero-order chi connectivity index (χ0) is 10.8. The van der Waals surface area contributed by atoms with Gasteiger partial charge in [-0.15, -0.1) is 0 Å². The molecule has 2 heterocycles. The van der Waals surface area contributed by atoms with E-state index in [1.165, 1.54) is 0 Å². The van der Waals surface area contributed by atoms with Crippen molar-refractivity contribution >= 4 is 5.91 Å². The Labute approximate surface area is 90.8 Å². The quantitative estimate of drug-likeness (QED) is 0.683. The second-order valence-electron chi connectivity index (χ2n) is 4.85. The van der Waals surface area contributed by atoms with Crippen molar-refractivity contribution in [3.05, 3.63) is 0 Å². The topological polar surface area (TPSA) is 55.6 Å². The van der Waals surface area contributed by atoms with Gasteiger partial charge in [-0.25, -0.2) is 0 Å². The zero-order valence-electron chi connectivity index (χ0n) is 9.32. The average Bonchev–Trinajstić information content (AvgIpc) is 2.67. The number of carbonyl (C=O) groups is 1. The lowest BCUT2D eigenvalue weighted by Gasteiger charge is -2.35. The van der Waals surface area contributed by atoms with Crippen molar-refractivity contribution in [2.75, 3.05) is 19.7 Å². The van der Waals surface area contributed by atoms with Crippen LogP contribution in [-0.4, -0.2) is 42.6 Å². The van der Waals surface area contributed by atoms with Gasteiger partial charge in [-0.05, 0) is 25.2 Å². The van der Waals surface area contributed by atoms with Crippen LogP contribution in [-0.2, 0) is 9.53 Å². The molecule has 2 aliphatic rings. The highest BCUT2D eigenvalue weighted by molar-refractivity contribution is 5.81. The summed E-state index contributed by atoms with van der Waals surface area (Å²) in [6, 6.07) is 0.138.